The van der Waals surface area contributed by atoms with E-state index in [1.807, 2.05) is 0 Å². The van der Waals surface area contributed by atoms with Crippen molar-refractivity contribution in [2.24, 2.45) is 11.7 Å². The number of aromatic nitrogens is 2. The van der Waals surface area contributed by atoms with Gasteiger partial charge in [0.15, 0.2) is 0 Å². The van der Waals surface area contributed by atoms with Crippen LogP contribution < -0.4 is 15.4 Å². The lowest BCUT2D eigenvalue weighted by molar-refractivity contribution is 0.330. The summed E-state index contributed by atoms with van der Waals surface area (Å²) in [5, 5.41) is 0. The zero-order valence-corrected chi connectivity index (χ0v) is 13.1. The highest BCUT2D eigenvalue weighted by Crippen LogP contribution is 2.30. The average molecular weight is 329 g/mol. The molecule has 2 rings (SSSR count). The van der Waals surface area contributed by atoms with Crippen molar-refractivity contribution in [1.29, 1.82) is 0 Å². The molecule has 1 saturated heterocycles. The van der Waals surface area contributed by atoms with E-state index >= 15 is 0 Å². The van der Waals surface area contributed by atoms with Crippen LogP contribution in [-0.2, 0) is 0 Å². The fourth-order valence-electron chi connectivity index (χ4n) is 2.62. The van der Waals surface area contributed by atoms with E-state index in [1.165, 1.54) is 12.8 Å². The Morgan fingerprint density at radius 1 is 1.58 bits per heavy atom. The standard InChI is InChI=1S/C13H21BrN4O/c1-3-9-4-5-18(10(6-9)7-15)13-16-8-11(14)12(17-13)19-2/h8-10H,3-7,15H2,1-2H3. The molecule has 0 aliphatic carbocycles. The van der Waals surface area contributed by atoms with Gasteiger partial charge in [-0.1, -0.05) is 13.3 Å². The van der Waals surface area contributed by atoms with Crippen LogP contribution in [0.3, 0.4) is 0 Å². The van der Waals surface area contributed by atoms with E-state index in [2.05, 4.69) is 37.7 Å². The Kier molecular flexibility index (Phi) is 4.99. The largest absolute Gasteiger partial charge is 0.480 e. The third-order valence-electron chi connectivity index (χ3n) is 3.82. The van der Waals surface area contributed by atoms with Gasteiger partial charge in [0.25, 0.3) is 0 Å². The van der Waals surface area contributed by atoms with E-state index in [9.17, 15) is 0 Å². The van der Waals surface area contributed by atoms with Gasteiger partial charge in [0.05, 0.1) is 17.8 Å². The molecular formula is C13H21BrN4O. The number of piperidine rings is 1. The van der Waals surface area contributed by atoms with Crippen LogP contribution >= 0.6 is 15.9 Å². The highest BCUT2D eigenvalue weighted by atomic mass is 79.9. The second-order valence-corrected chi connectivity index (χ2v) is 5.76. The Balaban J connectivity index is 2.20. The molecule has 0 bridgehead atoms. The van der Waals surface area contributed by atoms with Gasteiger partial charge in [0.2, 0.25) is 11.8 Å². The highest BCUT2D eigenvalue weighted by molar-refractivity contribution is 9.10. The molecule has 1 aliphatic heterocycles. The topological polar surface area (TPSA) is 64.3 Å². The van der Waals surface area contributed by atoms with Crippen molar-refractivity contribution in [3.8, 4) is 5.88 Å². The summed E-state index contributed by atoms with van der Waals surface area (Å²) in [7, 11) is 1.61. The zero-order valence-electron chi connectivity index (χ0n) is 11.5. The lowest BCUT2D eigenvalue weighted by Gasteiger charge is -2.38. The van der Waals surface area contributed by atoms with Crippen molar-refractivity contribution >= 4 is 21.9 Å². The summed E-state index contributed by atoms with van der Waals surface area (Å²) < 4.78 is 6.00. The molecule has 2 atom stereocenters. The molecule has 2 unspecified atom stereocenters. The van der Waals surface area contributed by atoms with E-state index < -0.39 is 0 Å². The molecule has 1 aromatic rings. The van der Waals surface area contributed by atoms with Crippen LogP contribution in [0.15, 0.2) is 10.7 Å². The first kappa shape index (κ1) is 14.5. The highest BCUT2D eigenvalue weighted by Gasteiger charge is 2.28. The number of anilines is 1. The molecule has 1 fully saturated rings. The molecule has 1 aliphatic rings. The van der Waals surface area contributed by atoms with Gasteiger partial charge in [-0.15, -0.1) is 0 Å². The molecular weight excluding hydrogens is 308 g/mol. The van der Waals surface area contributed by atoms with Crippen molar-refractivity contribution in [3.63, 3.8) is 0 Å². The number of halogens is 1. The van der Waals surface area contributed by atoms with Crippen LogP contribution in [0.4, 0.5) is 5.95 Å². The Hall–Kier alpha value is -0.880. The first-order chi connectivity index (χ1) is 9.19. The second kappa shape index (κ2) is 6.52. The summed E-state index contributed by atoms with van der Waals surface area (Å²) in [6.07, 6.45) is 5.25. The molecule has 6 heteroatoms. The maximum Gasteiger partial charge on any atom is 0.232 e. The maximum atomic E-state index is 5.91. The van der Waals surface area contributed by atoms with Gasteiger partial charge in [-0.25, -0.2) is 4.98 Å². The summed E-state index contributed by atoms with van der Waals surface area (Å²) in [6, 6.07) is 0.324. The Bertz CT molecular complexity index is 429. The smallest absolute Gasteiger partial charge is 0.232 e. The van der Waals surface area contributed by atoms with Gasteiger partial charge in [-0.2, -0.15) is 4.98 Å². The lowest BCUT2D eigenvalue weighted by Crippen LogP contribution is -2.47. The van der Waals surface area contributed by atoms with E-state index in [4.69, 9.17) is 10.5 Å². The molecule has 0 radical (unpaired) electrons. The average Bonchev–Trinajstić information content (AvgIpc) is 2.47. The number of rotatable bonds is 4. The van der Waals surface area contributed by atoms with Crippen LogP contribution in [0.1, 0.15) is 26.2 Å². The van der Waals surface area contributed by atoms with Gasteiger partial charge in [-0.05, 0) is 34.7 Å². The Labute approximate surface area is 122 Å². The van der Waals surface area contributed by atoms with Crippen LogP contribution in [-0.4, -0.2) is 36.2 Å². The Morgan fingerprint density at radius 2 is 2.37 bits per heavy atom. The van der Waals surface area contributed by atoms with E-state index in [0.29, 0.717) is 24.4 Å². The molecule has 0 aromatic carbocycles. The summed E-state index contributed by atoms with van der Waals surface area (Å²) >= 11 is 3.37. The fourth-order valence-corrected chi connectivity index (χ4v) is 2.97. The predicted octanol–water partition coefficient (Wildman–Crippen LogP) is 2.20. The third kappa shape index (κ3) is 3.17. The molecule has 19 heavy (non-hydrogen) atoms. The second-order valence-electron chi connectivity index (χ2n) is 4.91. The molecule has 0 amide bonds. The van der Waals surface area contributed by atoms with Crippen molar-refractivity contribution in [3.05, 3.63) is 10.7 Å². The van der Waals surface area contributed by atoms with Crippen LogP contribution in [0.5, 0.6) is 5.88 Å². The van der Waals surface area contributed by atoms with Gasteiger partial charge in [-0.3, -0.25) is 0 Å². The minimum absolute atomic E-state index is 0.324. The molecule has 5 nitrogen and oxygen atoms in total. The van der Waals surface area contributed by atoms with E-state index in [0.717, 1.165) is 23.4 Å². The molecule has 106 valence electrons. The van der Waals surface area contributed by atoms with Crippen LogP contribution in [0.2, 0.25) is 0 Å². The van der Waals surface area contributed by atoms with Gasteiger partial charge in [0.1, 0.15) is 0 Å². The van der Waals surface area contributed by atoms with Gasteiger partial charge >= 0.3 is 0 Å². The zero-order chi connectivity index (χ0) is 13.8. The van der Waals surface area contributed by atoms with Crippen molar-refractivity contribution < 1.29 is 4.74 Å². The molecule has 0 spiro atoms. The molecule has 2 heterocycles. The van der Waals surface area contributed by atoms with E-state index in [1.54, 1.807) is 13.3 Å². The normalized spacial score (nSPS) is 23.5. The minimum Gasteiger partial charge on any atom is -0.480 e. The van der Waals surface area contributed by atoms with Crippen LogP contribution in [0, 0.1) is 5.92 Å². The third-order valence-corrected chi connectivity index (χ3v) is 4.37. The summed E-state index contributed by atoms with van der Waals surface area (Å²) in [4.78, 5) is 11.1. The first-order valence-corrected chi connectivity index (χ1v) is 7.52. The molecule has 0 saturated carbocycles. The number of hydrogen-bond donors (Lipinski definition) is 1. The number of hydrogen-bond acceptors (Lipinski definition) is 5. The van der Waals surface area contributed by atoms with Gasteiger partial charge < -0.3 is 15.4 Å². The SMILES string of the molecule is CCC1CCN(c2ncc(Br)c(OC)n2)C(CN)C1. The number of methoxy groups -OCH3 is 1. The fraction of sp³-hybridized carbons (Fsp3) is 0.692. The Morgan fingerprint density at radius 3 is 3.00 bits per heavy atom. The number of nitrogens with zero attached hydrogens (tertiary/aromatic N) is 3. The van der Waals surface area contributed by atoms with Gasteiger partial charge in [0, 0.05) is 19.1 Å². The van der Waals surface area contributed by atoms with Crippen molar-refractivity contribution in [2.75, 3.05) is 25.1 Å². The van der Waals surface area contributed by atoms with Crippen molar-refractivity contribution in [2.45, 2.75) is 32.2 Å². The van der Waals surface area contributed by atoms with Crippen molar-refractivity contribution in [1.82, 2.24) is 9.97 Å². The first-order valence-electron chi connectivity index (χ1n) is 6.72. The monoisotopic (exact) mass is 328 g/mol. The molecule has 1 aromatic heterocycles. The molecule has 2 N–H and O–H groups in total. The minimum atomic E-state index is 0.324. The summed E-state index contributed by atoms with van der Waals surface area (Å²) in [5.41, 5.74) is 5.91. The number of nitrogens with two attached hydrogens (primary N) is 1. The number of ether oxygens (including phenoxy) is 1. The van der Waals surface area contributed by atoms with Crippen LogP contribution in [0.25, 0.3) is 0 Å². The summed E-state index contributed by atoms with van der Waals surface area (Å²) in [5.74, 6) is 2.05. The summed E-state index contributed by atoms with van der Waals surface area (Å²) in [6.45, 7) is 3.84. The predicted molar refractivity (Wildman–Crippen MR) is 79.5 cm³/mol. The lowest BCUT2D eigenvalue weighted by atomic mass is 9.89. The quantitative estimate of drug-likeness (QED) is 0.917. The maximum absolute atomic E-state index is 5.91. The van der Waals surface area contributed by atoms with E-state index in [-0.39, 0.29) is 0 Å².